The van der Waals surface area contributed by atoms with E-state index in [1.165, 1.54) is 5.56 Å². The van der Waals surface area contributed by atoms with E-state index in [1.807, 2.05) is 86.6 Å². The monoisotopic (exact) mass is 396 g/mol. The van der Waals surface area contributed by atoms with Crippen LogP contribution in [-0.2, 0) is 0 Å². The summed E-state index contributed by atoms with van der Waals surface area (Å²) >= 11 is 0. The summed E-state index contributed by atoms with van der Waals surface area (Å²) in [5, 5.41) is 9.85. The number of para-hydroxylation sites is 1. The van der Waals surface area contributed by atoms with Gasteiger partial charge in [0, 0.05) is 17.1 Å². The standard InChI is InChI=1S/C24H24N6/c1-16-11-13-19(14-12-16)25-22-28-23(26-20-9-6-7-17(2)15-20)30-24(29-22)27-21-10-5-4-8-18(21)3/h4-15H,1-3H3,(H3,25,26,27,28,29,30). The second kappa shape index (κ2) is 8.61. The maximum absolute atomic E-state index is 4.57. The van der Waals surface area contributed by atoms with Crippen molar-refractivity contribution < 1.29 is 0 Å². The maximum atomic E-state index is 4.57. The van der Waals surface area contributed by atoms with Crippen molar-refractivity contribution in [2.45, 2.75) is 20.8 Å². The lowest BCUT2D eigenvalue weighted by Crippen LogP contribution is -2.07. The van der Waals surface area contributed by atoms with Gasteiger partial charge in [-0.15, -0.1) is 0 Å². The summed E-state index contributed by atoms with van der Waals surface area (Å²) < 4.78 is 0. The Morgan fingerprint density at radius 2 is 1.17 bits per heavy atom. The molecule has 0 unspecified atom stereocenters. The van der Waals surface area contributed by atoms with Crippen LogP contribution in [0.5, 0.6) is 0 Å². The van der Waals surface area contributed by atoms with Gasteiger partial charge in [-0.2, -0.15) is 15.0 Å². The fourth-order valence-corrected chi connectivity index (χ4v) is 3.00. The van der Waals surface area contributed by atoms with Gasteiger partial charge in [0.15, 0.2) is 0 Å². The van der Waals surface area contributed by atoms with Gasteiger partial charge in [-0.25, -0.2) is 0 Å². The molecule has 0 fully saturated rings. The van der Waals surface area contributed by atoms with Gasteiger partial charge in [-0.05, 0) is 62.2 Å². The average molecular weight is 396 g/mol. The van der Waals surface area contributed by atoms with Crippen LogP contribution in [0.25, 0.3) is 0 Å². The Hall–Kier alpha value is -3.93. The largest absolute Gasteiger partial charge is 0.324 e. The van der Waals surface area contributed by atoms with Gasteiger partial charge in [0.1, 0.15) is 0 Å². The van der Waals surface area contributed by atoms with Gasteiger partial charge >= 0.3 is 0 Å². The SMILES string of the molecule is Cc1ccc(Nc2nc(Nc3cccc(C)c3)nc(Nc3ccccc3C)n2)cc1. The first kappa shape index (κ1) is 19.4. The van der Waals surface area contributed by atoms with Crippen molar-refractivity contribution in [1.29, 1.82) is 0 Å². The van der Waals surface area contributed by atoms with Gasteiger partial charge in [-0.1, -0.05) is 48.0 Å². The summed E-state index contributed by atoms with van der Waals surface area (Å²) in [6.45, 7) is 6.15. The number of aryl methyl sites for hydroxylation is 3. The fraction of sp³-hybridized carbons (Fsp3) is 0.125. The minimum Gasteiger partial charge on any atom is -0.324 e. The lowest BCUT2D eigenvalue weighted by molar-refractivity contribution is 1.06. The molecule has 0 spiro atoms. The van der Waals surface area contributed by atoms with Gasteiger partial charge in [-0.3, -0.25) is 0 Å². The van der Waals surface area contributed by atoms with Crippen LogP contribution in [0.15, 0.2) is 72.8 Å². The van der Waals surface area contributed by atoms with Crippen LogP contribution in [0, 0.1) is 20.8 Å². The number of aromatic nitrogens is 3. The summed E-state index contributed by atoms with van der Waals surface area (Å²) in [6, 6.07) is 24.2. The van der Waals surface area contributed by atoms with Crippen molar-refractivity contribution in [3.63, 3.8) is 0 Å². The number of hydrogen-bond acceptors (Lipinski definition) is 6. The van der Waals surface area contributed by atoms with Crippen molar-refractivity contribution >= 4 is 34.9 Å². The van der Waals surface area contributed by atoms with Gasteiger partial charge < -0.3 is 16.0 Å². The highest BCUT2D eigenvalue weighted by Gasteiger charge is 2.09. The second-order valence-electron chi connectivity index (χ2n) is 7.23. The molecule has 4 aromatic rings. The zero-order valence-corrected chi connectivity index (χ0v) is 17.3. The molecule has 6 nitrogen and oxygen atoms in total. The first-order valence-electron chi connectivity index (χ1n) is 9.81. The molecule has 0 bridgehead atoms. The van der Waals surface area contributed by atoms with Crippen molar-refractivity contribution in [2.75, 3.05) is 16.0 Å². The van der Waals surface area contributed by atoms with Crippen LogP contribution in [-0.4, -0.2) is 15.0 Å². The summed E-state index contributed by atoms with van der Waals surface area (Å²) in [6.07, 6.45) is 0. The number of nitrogens with one attached hydrogen (secondary N) is 3. The quantitative estimate of drug-likeness (QED) is 0.370. The average Bonchev–Trinajstić information content (AvgIpc) is 2.71. The molecular formula is C24H24N6. The summed E-state index contributed by atoms with van der Waals surface area (Å²) in [5.74, 6) is 1.38. The topological polar surface area (TPSA) is 74.8 Å². The molecule has 150 valence electrons. The molecule has 0 aliphatic heterocycles. The maximum Gasteiger partial charge on any atom is 0.233 e. The van der Waals surface area contributed by atoms with E-state index in [1.54, 1.807) is 0 Å². The first-order valence-corrected chi connectivity index (χ1v) is 9.81. The van der Waals surface area contributed by atoms with E-state index in [2.05, 4.69) is 37.8 Å². The van der Waals surface area contributed by atoms with E-state index in [0.717, 1.165) is 28.2 Å². The summed E-state index contributed by atoms with van der Waals surface area (Å²) in [4.78, 5) is 13.7. The van der Waals surface area contributed by atoms with E-state index in [-0.39, 0.29) is 0 Å². The van der Waals surface area contributed by atoms with E-state index in [0.29, 0.717) is 17.8 Å². The molecule has 0 atom stereocenters. The van der Waals surface area contributed by atoms with Crippen LogP contribution in [0.1, 0.15) is 16.7 Å². The minimum atomic E-state index is 0.458. The lowest BCUT2D eigenvalue weighted by atomic mass is 10.2. The number of benzene rings is 3. The van der Waals surface area contributed by atoms with Crippen LogP contribution < -0.4 is 16.0 Å². The predicted octanol–water partition coefficient (Wildman–Crippen LogP) is 6.03. The smallest absolute Gasteiger partial charge is 0.233 e. The van der Waals surface area contributed by atoms with Crippen LogP contribution >= 0.6 is 0 Å². The normalized spacial score (nSPS) is 10.5. The summed E-state index contributed by atoms with van der Waals surface area (Å²) in [5.41, 5.74) is 6.25. The Labute approximate surface area is 176 Å². The highest BCUT2D eigenvalue weighted by molar-refractivity contribution is 5.63. The molecule has 0 radical (unpaired) electrons. The van der Waals surface area contributed by atoms with E-state index in [4.69, 9.17) is 0 Å². The molecule has 0 saturated heterocycles. The van der Waals surface area contributed by atoms with Crippen molar-refractivity contribution in [2.24, 2.45) is 0 Å². The van der Waals surface area contributed by atoms with Crippen LogP contribution in [0.3, 0.4) is 0 Å². The lowest BCUT2D eigenvalue weighted by Gasteiger charge is -2.13. The molecular weight excluding hydrogens is 372 g/mol. The van der Waals surface area contributed by atoms with Crippen molar-refractivity contribution in [1.82, 2.24) is 15.0 Å². The van der Waals surface area contributed by atoms with Crippen LogP contribution in [0.4, 0.5) is 34.9 Å². The number of nitrogens with zero attached hydrogens (tertiary/aromatic N) is 3. The Morgan fingerprint density at radius 1 is 0.533 bits per heavy atom. The Bertz CT molecular complexity index is 1150. The van der Waals surface area contributed by atoms with E-state index < -0.39 is 0 Å². The molecule has 3 N–H and O–H groups in total. The molecule has 6 heteroatoms. The van der Waals surface area contributed by atoms with E-state index >= 15 is 0 Å². The van der Waals surface area contributed by atoms with Crippen molar-refractivity contribution in [3.8, 4) is 0 Å². The molecule has 30 heavy (non-hydrogen) atoms. The molecule has 1 heterocycles. The Morgan fingerprint density at radius 3 is 1.83 bits per heavy atom. The summed E-state index contributed by atoms with van der Waals surface area (Å²) in [7, 11) is 0. The molecule has 0 amide bonds. The number of anilines is 6. The Kier molecular flexibility index (Phi) is 5.57. The van der Waals surface area contributed by atoms with Gasteiger partial charge in [0.05, 0.1) is 0 Å². The fourth-order valence-electron chi connectivity index (χ4n) is 3.00. The van der Waals surface area contributed by atoms with E-state index in [9.17, 15) is 0 Å². The number of hydrogen-bond donors (Lipinski definition) is 3. The zero-order chi connectivity index (χ0) is 20.9. The van der Waals surface area contributed by atoms with Gasteiger partial charge in [0.2, 0.25) is 17.8 Å². The van der Waals surface area contributed by atoms with Crippen LogP contribution in [0.2, 0.25) is 0 Å². The minimum absolute atomic E-state index is 0.458. The first-order chi connectivity index (χ1) is 14.5. The second-order valence-corrected chi connectivity index (χ2v) is 7.23. The third-order valence-electron chi connectivity index (χ3n) is 4.61. The molecule has 3 aromatic carbocycles. The third-order valence-corrected chi connectivity index (χ3v) is 4.61. The number of rotatable bonds is 6. The highest BCUT2D eigenvalue weighted by Crippen LogP contribution is 2.22. The molecule has 1 aromatic heterocycles. The Balaban J connectivity index is 1.67. The van der Waals surface area contributed by atoms with Gasteiger partial charge in [0.25, 0.3) is 0 Å². The zero-order valence-electron chi connectivity index (χ0n) is 17.3. The molecule has 0 saturated carbocycles. The highest BCUT2D eigenvalue weighted by atomic mass is 15.3. The predicted molar refractivity (Wildman–Crippen MR) is 123 cm³/mol. The van der Waals surface area contributed by atoms with Crippen molar-refractivity contribution in [3.05, 3.63) is 89.5 Å². The molecule has 4 rings (SSSR count). The third kappa shape index (κ3) is 4.91. The molecule has 0 aliphatic carbocycles. The molecule has 0 aliphatic rings.